The van der Waals surface area contributed by atoms with Crippen LogP contribution in [0, 0.1) is 0 Å². The van der Waals surface area contributed by atoms with Crippen molar-refractivity contribution in [1.82, 2.24) is 0 Å². The molecule has 0 atom stereocenters. The van der Waals surface area contributed by atoms with Gasteiger partial charge in [-0.05, 0) is 6.42 Å². The highest BCUT2D eigenvalue weighted by molar-refractivity contribution is 4.46. The molecule has 128 valence electrons. The van der Waals surface area contributed by atoms with Crippen molar-refractivity contribution in [3.8, 4) is 0 Å². The molecule has 4 nitrogen and oxygen atoms in total. The molecule has 0 saturated carbocycles. The zero-order chi connectivity index (χ0) is 15.8. The third kappa shape index (κ3) is 13.2. The van der Waals surface area contributed by atoms with E-state index >= 15 is 0 Å². The Kier molecular flexibility index (Phi) is 14.7. The van der Waals surface area contributed by atoms with Gasteiger partial charge in [0, 0.05) is 0 Å². The summed E-state index contributed by atoms with van der Waals surface area (Å²) < 4.78 is 6.30. The molecule has 21 heavy (non-hydrogen) atoms. The van der Waals surface area contributed by atoms with Crippen molar-refractivity contribution in [3.63, 3.8) is 0 Å². The molecular weight excluding hydrogens is 266 g/mol. The van der Waals surface area contributed by atoms with Crippen LogP contribution in [0.1, 0.15) is 64.7 Å². The lowest BCUT2D eigenvalue weighted by Gasteiger charge is -2.32. The Morgan fingerprint density at radius 3 is 1.71 bits per heavy atom. The number of likely N-dealkylation sites (N-methyl/N-ethyl adjacent to an activating group) is 1. The average molecular weight is 304 g/mol. The average Bonchev–Trinajstić information content (AvgIpc) is 2.45. The Labute approximate surface area is 131 Å². The van der Waals surface area contributed by atoms with E-state index in [1.165, 1.54) is 51.4 Å². The van der Waals surface area contributed by atoms with Gasteiger partial charge in [0.2, 0.25) is 0 Å². The molecule has 0 radical (unpaired) electrons. The van der Waals surface area contributed by atoms with E-state index in [1.807, 2.05) is 7.05 Å². The molecule has 0 aromatic rings. The fraction of sp³-hybridized carbons (Fsp3) is 1.00. The summed E-state index contributed by atoms with van der Waals surface area (Å²) in [5.41, 5.74) is 0. The first kappa shape index (κ1) is 20.8. The maximum absolute atomic E-state index is 9.05. The van der Waals surface area contributed by atoms with Crippen molar-refractivity contribution in [2.45, 2.75) is 64.7 Å². The smallest absolute Gasteiger partial charge is 0.183 e. The summed E-state index contributed by atoms with van der Waals surface area (Å²) in [4.78, 5) is 0. The topological polar surface area (TPSA) is 49.7 Å². The number of hydrogen-bond acceptors (Lipinski definition) is 3. The lowest BCUT2D eigenvalue weighted by Crippen LogP contribution is -2.49. The standard InChI is InChI=1S/C17H38NO3/c1-3-4-5-6-7-8-9-10-11-16-21-17-18(2,12-14-19)13-15-20/h19-20H,3-17H2,1-2H3/q+1. The lowest BCUT2D eigenvalue weighted by molar-refractivity contribution is -0.928. The molecule has 4 heteroatoms. The quantitative estimate of drug-likeness (QED) is 0.262. The van der Waals surface area contributed by atoms with Gasteiger partial charge in [-0.2, -0.15) is 0 Å². The van der Waals surface area contributed by atoms with Gasteiger partial charge < -0.3 is 14.9 Å². The van der Waals surface area contributed by atoms with E-state index in [0.29, 0.717) is 24.3 Å². The zero-order valence-electron chi connectivity index (χ0n) is 14.4. The summed E-state index contributed by atoms with van der Waals surface area (Å²) >= 11 is 0. The van der Waals surface area contributed by atoms with Crippen LogP contribution in [0.5, 0.6) is 0 Å². The van der Waals surface area contributed by atoms with Crippen molar-refractivity contribution < 1.29 is 19.4 Å². The molecule has 0 rings (SSSR count). The minimum Gasteiger partial charge on any atom is -0.391 e. The van der Waals surface area contributed by atoms with Gasteiger partial charge in [-0.15, -0.1) is 0 Å². The third-order valence-corrected chi connectivity index (χ3v) is 4.07. The molecule has 0 aliphatic heterocycles. The summed E-state index contributed by atoms with van der Waals surface area (Å²) in [6.45, 7) is 5.18. The highest BCUT2D eigenvalue weighted by Gasteiger charge is 2.20. The molecule has 0 amide bonds. The van der Waals surface area contributed by atoms with Crippen molar-refractivity contribution in [2.24, 2.45) is 0 Å². The monoisotopic (exact) mass is 304 g/mol. The van der Waals surface area contributed by atoms with Crippen LogP contribution in [-0.4, -0.2) is 61.4 Å². The van der Waals surface area contributed by atoms with Crippen molar-refractivity contribution in [2.75, 3.05) is 46.7 Å². The van der Waals surface area contributed by atoms with E-state index in [-0.39, 0.29) is 13.2 Å². The molecule has 0 aromatic heterocycles. The predicted octanol–water partition coefficient (Wildman–Crippen LogP) is 2.92. The van der Waals surface area contributed by atoms with Crippen LogP contribution in [-0.2, 0) is 4.74 Å². The van der Waals surface area contributed by atoms with Crippen LogP contribution in [0.3, 0.4) is 0 Å². The van der Waals surface area contributed by atoms with E-state index < -0.39 is 0 Å². The Morgan fingerprint density at radius 2 is 1.24 bits per heavy atom. The molecular formula is C17H38NO3+. The molecule has 0 aromatic carbocycles. The zero-order valence-corrected chi connectivity index (χ0v) is 14.4. The molecule has 0 unspecified atom stereocenters. The highest BCUT2D eigenvalue weighted by atomic mass is 16.5. The Bertz CT molecular complexity index is 206. The van der Waals surface area contributed by atoms with Gasteiger partial charge in [0.25, 0.3) is 0 Å². The van der Waals surface area contributed by atoms with Gasteiger partial charge in [-0.3, -0.25) is 4.48 Å². The summed E-state index contributed by atoms with van der Waals surface area (Å²) in [5, 5.41) is 18.1. The third-order valence-electron chi connectivity index (χ3n) is 4.07. The second-order valence-electron chi connectivity index (χ2n) is 6.38. The number of ether oxygens (including phenoxy) is 1. The second kappa shape index (κ2) is 14.8. The summed E-state index contributed by atoms with van der Waals surface area (Å²) in [5.74, 6) is 0. The van der Waals surface area contributed by atoms with Crippen LogP contribution in [0.25, 0.3) is 0 Å². The molecule has 0 heterocycles. The molecule has 0 saturated heterocycles. The van der Waals surface area contributed by atoms with Gasteiger partial charge >= 0.3 is 0 Å². The van der Waals surface area contributed by atoms with Crippen molar-refractivity contribution >= 4 is 0 Å². The van der Waals surface area contributed by atoms with E-state index in [4.69, 9.17) is 14.9 Å². The van der Waals surface area contributed by atoms with E-state index in [9.17, 15) is 0 Å². The van der Waals surface area contributed by atoms with Gasteiger partial charge in [0.15, 0.2) is 6.73 Å². The number of aliphatic hydroxyl groups is 2. The first-order chi connectivity index (χ1) is 10.2. The minimum atomic E-state index is 0.137. The summed E-state index contributed by atoms with van der Waals surface area (Å²) in [7, 11) is 2.02. The SMILES string of the molecule is CCCCCCCCCCCOC[N+](C)(CCO)CCO. The van der Waals surface area contributed by atoms with Crippen LogP contribution in [0.15, 0.2) is 0 Å². The number of rotatable bonds is 16. The van der Waals surface area contributed by atoms with Crippen LogP contribution in [0.2, 0.25) is 0 Å². The van der Waals surface area contributed by atoms with Crippen LogP contribution < -0.4 is 0 Å². The van der Waals surface area contributed by atoms with Gasteiger partial charge in [0.05, 0.1) is 26.9 Å². The van der Waals surface area contributed by atoms with Crippen LogP contribution >= 0.6 is 0 Å². The minimum absolute atomic E-state index is 0.137. The Hall–Kier alpha value is -0.160. The molecule has 0 fully saturated rings. The number of unbranched alkanes of at least 4 members (excludes halogenated alkanes) is 8. The predicted molar refractivity (Wildman–Crippen MR) is 88.1 cm³/mol. The van der Waals surface area contributed by atoms with Crippen LogP contribution in [0.4, 0.5) is 0 Å². The number of quaternary nitrogens is 1. The molecule has 0 spiro atoms. The summed E-state index contributed by atoms with van der Waals surface area (Å²) in [6.07, 6.45) is 11.9. The Morgan fingerprint density at radius 1 is 0.762 bits per heavy atom. The molecule has 2 N–H and O–H groups in total. The van der Waals surface area contributed by atoms with E-state index in [1.54, 1.807) is 0 Å². The Balaban J connectivity index is 3.37. The fourth-order valence-electron chi connectivity index (χ4n) is 2.52. The largest absolute Gasteiger partial charge is 0.391 e. The lowest BCUT2D eigenvalue weighted by atomic mass is 10.1. The maximum Gasteiger partial charge on any atom is 0.183 e. The van der Waals surface area contributed by atoms with Crippen molar-refractivity contribution in [1.29, 1.82) is 0 Å². The van der Waals surface area contributed by atoms with Gasteiger partial charge in [0.1, 0.15) is 13.1 Å². The summed E-state index contributed by atoms with van der Waals surface area (Å²) in [6, 6.07) is 0. The van der Waals surface area contributed by atoms with Gasteiger partial charge in [-0.25, -0.2) is 0 Å². The van der Waals surface area contributed by atoms with Crippen molar-refractivity contribution in [3.05, 3.63) is 0 Å². The maximum atomic E-state index is 9.05. The van der Waals surface area contributed by atoms with E-state index in [0.717, 1.165) is 13.0 Å². The molecule has 0 bridgehead atoms. The molecule has 0 aliphatic rings. The molecule has 0 aliphatic carbocycles. The van der Waals surface area contributed by atoms with Gasteiger partial charge in [-0.1, -0.05) is 58.3 Å². The first-order valence-electron chi connectivity index (χ1n) is 8.81. The normalized spacial score (nSPS) is 12.0. The number of nitrogens with zero attached hydrogens (tertiary/aromatic N) is 1. The number of aliphatic hydroxyl groups excluding tert-OH is 2. The van der Waals surface area contributed by atoms with E-state index in [2.05, 4.69) is 6.92 Å². The second-order valence-corrected chi connectivity index (χ2v) is 6.38. The highest BCUT2D eigenvalue weighted by Crippen LogP contribution is 2.10. The first-order valence-corrected chi connectivity index (χ1v) is 8.81. The fourth-order valence-corrected chi connectivity index (χ4v) is 2.52. The number of hydrogen-bond donors (Lipinski definition) is 2.